The number of fused-ring (bicyclic) bond motifs is 1. The van der Waals surface area contributed by atoms with Crippen molar-refractivity contribution >= 4 is 16.8 Å². The molecule has 0 bridgehead atoms. The molecule has 1 atom stereocenters. The maximum absolute atomic E-state index is 11.5. The van der Waals surface area contributed by atoms with Crippen LogP contribution in [0, 0.1) is 0 Å². The van der Waals surface area contributed by atoms with Crippen molar-refractivity contribution in [3.63, 3.8) is 0 Å². The molecule has 0 amide bonds. The summed E-state index contributed by atoms with van der Waals surface area (Å²) in [5, 5.41) is 10.5. The average molecular weight is 352 g/mol. The number of carbonyl (C=O) groups is 1. The topological polar surface area (TPSA) is 64.3 Å². The summed E-state index contributed by atoms with van der Waals surface area (Å²) >= 11 is 0. The van der Waals surface area contributed by atoms with Crippen LogP contribution in [0.4, 0.5) is 0 Å². The number of hydrogen-bond acceptors (Lipinski definition) is 4. The molecule has 0 aliphatic rings. The first-order valence-corrected chi connectivity index (χ1v) is 8.94. The molecular formula is C21H24N2O3. The van der Waals surface area contributed by atoms with Crippen LogP contribution in [0.25, 0.3) is 11.0 Å². The summed E-state index contributed by atoms with van der Waals surface area (Å²) in [7, 11) is 0. The number of aryl methyl sites for hydroxylation is 1. The van der Waals surface area contributed by atoms with Gasteiger partial charge in [-0.15, -0.1) is 0 Å². The molecule has 1 N–H and O–H groups in total. The predicted octanol–water partition coefficient (Wildman–Crippen LogP) is 3.63. The van der Waals surface area contributed by atoms with Gasteiger partial charge in [-0.25, -0.2) is 4.98 Å². The molecule has 1 unspecified atom stereocenters. The van der Waals surface area contributed by atoms with E-state index in [4.69, 9.17) is 4.74 Å². The number of Topliss-reactive ketones (excluding diaryl/α,β-unsaturated/α-hetero) is 1. The minimum atomic E-state index is -0.677. The quantitative estimate of drug-likeness (QED) is 0.629. The molecule has 26 heavy (non-hydrogen) atoms. The molecule has 3 aromatic rings. The number of nitrogens with zero attached hydrogens (tertiary/aromatic N) is 2. The van der Waals surface area contributed by atoms with E-state index in [2.05, 4.69) is 16.5 Å². The van der Waals surface area contributed by atoms with Crippen molar-refractivity contribution in [1.82, 2.24) is 9.55 Å². The summed E-state index contributed by atoms with van der Waals surface area (Å²) in [5.41, 5.74) is 2.56. The number of para-hydroxylation sites is 2. The largest absolute Gasteiger partial charge is 0.491 e. The fourth-order valence-corrected chi connectivity index (χ4v) is 3.00. The van der Waals surface area contributed by atoms with Crippen molar-refractivity contribution in [2.75, 3.05) is 6.61 Å². The Morgan fingerprint density at radius 2 is 2.04 bits per heavy atom. The first-order valence-electron chi connectivity index (χ1n) is 8.94. The van der Waals surface area contributed by atoms with E-state index in [0.29, 0.717) is 17.9 Å². The van der Waals surface area contributed by atoms with E-state index in [1.165, 1.54) is 6.92 Å². The third-order valence-corrected chi connectivity index (χ3v) is 4.28. The Morgan fingerprint density at radius 3 is 2.81 bits per heavy atom. The van der Waals surface area contributed by atoms with E-state index in [-0.39, 0.29) is 12.4 Å². The van der Waals surface area contributed by atoms with E-state index in [1.807, 2.05) is 24.3 Å². The highest BCUT2D eigenvalue weighted by molar-refractivity contribution is 5.94. The van der Waals surface area contributed by atoms with Crippen LogP contribution >= 0.6 is 0 Å². The van der Waals surface area contributed by atoms with Gasteiger partial charge in [0.15, 0.2) is 5.78 Å². The van der Waals surface area contributed by atoms with Crippen LogP contribution in [0.1, 0.15) is 36.5 Å². The van der Waals surface area contributed by atoms with Crippen molar-refractivity contribution < 1.29 is 14.6 Å². The van der Waals surface area contributed by atoms with Crippen LogP contribution < -0.4 is 4.74 Å². The molecule has 0 aliphatic heterocycles. The van der Waals surface area contributed by atoms with Crippen molar-refractivity contribution in [2.24, 2.45) is 0 Å². The van der Waals surface area contributed by atoms with Crippen LogP contribution in [0.15, 0.2) is 48.5 Å². The summed E-state index contributed by atoms with van der Waals surface area (Å²) in [5.74, 6) is 1.55. The Bertz CT molecular complexity index is 901. The van der Waals surface area contributed by atoms with Gasteiger partial charge < -0.3 is 14.4 Å². The molecule has 3 rings (SSSR count). The van der Waals surface area contributed by atoms with E-state index in [1.54, 1.807) is 24.3 Å². The Labute approximate surface area is 153 Å². The summed E-state index contributed by atoms with van der Waals surface area (Å²) in [6, 6.07) is 15.0. The fourth-order valence-electron chi connectivity index (χ4n) is 3.00. The van der Waals surface area contributed by atoms with E-state index in [9.17, 15) is 9.90 Å². The Balaban J connectivity index is 1.71. The molecule has 5 nitrogen and oxygen atoms in total. The van der Waals surface area contributed by atoms with E-state index >= 15 is 0 Å². The monoisotopic (exact) mass is 352 g/mol. The van der Waals surface area contributed by atoms with Crippen LogP contribution in [-0.2, 0) is 13.0 Å². The maximum Gasteiger partial charge on any atom is 0.159 e. The highest BCUT2D eigenvalue weighted by Crippen LogP contribution is 2.19. The minimum Gasteiger partial charge on any atom is -0.491 e. The summed E-state index contributed by atoms with van der Waals surface area (Å²) in [6.45, 7) is 4.21. The fraction of sp³-hybridized carbons (Fsp3) is 0.333. The van der Waals surface area contributed by atoms with E-state index < -0.39 is 6.10 Å². The van der Waals surface area contributed by atoms with E-state index in [0.717, 1.165) is 29.7 Å². The highest BCUT2D eigenvalue weighted by atomic mass is 16.5. The second-order valence-electron chi connectivity index (χ2n) is 6.43. The molecule has 0 aliphatic carbocycles. The smallest absolute Gasteiger partial charge is 0.159 e. The number of aromatic nitrogens is 2. The maximum atomic E-state index is 11.5. The third-order valence-electron chi connectivity index (χ3n) is 4.28. The molecule has 2 aromatic carbocycles. The number of ketones is 1. The number of rotatable bonds is 8. The molecule has 5 heteroatoms. The number of ether oxygens (including phenoxy) is 1. The van der Waals surface area contributed by atoms with Gasteiger partial charge in [-0.3, -0.25) is 4.79 Å². The first kappa shape index (κ1) is 18.1. The van der Waals surface area contributed by atoms with Crippen molar-refractivity contribution in [2.45, 2.75) is 39.3 Å². The normalized spacial score (nSPS) is 12.3. The molecule has 136 valence electrons. The minimum absolute atomic E-state index is 0.00917. The predicted molar refractivity (Wildman–Crippen MR) is 102 cm³/mol. The van der Waals surface area contributed by atoms with Gasteiger partial charge in [-0.2, -0.15) is 0 Å². The van der Waals surface area contributed by atoms with Gasteiger partial charge in [0, 0.05) is 12.0 Å². The molecule has 1 heterocycles. The zero-order valence-electron chi connectivity index (χ0n) is 15.2. The van der Waals surface area contributed by atoms with Crippen molar-refractivity contribution in [3.05, 3.63) is 59.9 Å². The van der Waals surface area contributed by atoms with Crippen LogP contribution in [-0.4, -0.2) is 33.2 Å². The number of benzene rings is 2. The summed E-state index contributed by atoms with van der Waals surface area (Å²) in [4.78, 5) is 16.1. The second kappa shape index (κ2) is 8.15. The highest BCUT2D eigenvalue weighted by Gasteiger charge is 2.14. The van der Waals surface area contributed by atoms with Gasteiger partial charge in [0.25, 0.3) is 0 Å². The zero-order valence-corrected chi connectivity index (χ0v) is 15.2. The van der Waals surface area contributed by atoms with Crippen LogP contribution in [0.3, 0.4) is 0 Å². The second-order valence-corrected chi connectivity index (χ2v) is 6.43. The first-order chi connectivity index (χ1) is 12.6. The number of imidazole rings is 1. The average Bonchev–Trinajstić information content (AvgIpc) is 2.98. The molecule has 0 radical (unpaired) electrons. The number of carbonyl (C=O) groups excluding carboxylic acids is 1. The molecule has 1 aromatic heterocycles. The number of hydrogen-bond donors (Lipinski definition) is 1. The van der Waals surface area contributed by atoms with Gasteiger partial charge in [0.2, 0.25) is 0 Å². The summed E-state index contributed by atoms with van der Waals surface area (Å²) < 4.78 is 7.75. The lowest BCUT2D eigenvalue weighted by Gasteiger charge is -2.16. The molecule has 0 fully saturated rings. The third kappa shape index (κ3) is 4.11. The van der Waals surface area contributed by atoms with Crippen LogP contribution in [0.2, 0.25) is 0 Å². The number of aliphatic hydroxyl groups excluding tert-OH is 1. The molecular weight excluding hydrogens is 328 g/mol. The Morgan fingerprint density at radius 1 is 1.23 bits per heavy atom. The van der Waals surface area contributed by atoms with Gasteiger partial charge in [-0.05, 0) is 37.6 Å². The van der Waals surface area contributed by atoms with Gasteiger partial charge in [0.1, 0.15) is 24.3 Å². The SMILES string of the molecule is CCCc1nc2ccccc2n1CC(O)COc1cccc(C(C)=O)c1. The van der Waals surface area contributed by atoms with Gasteiger partial charge >= 0.3 is 0 Å². The standard InChI is InChI=1S/C21H24N2O3/c1-3-7-21-22-19-10-4-5-11-20(19)23(21)13-17(25)14-26-18-9-6-8-16(12-18)15(2)24/h4-6,8-12,17,25H,3,7,13-14H2,1-2H3. The van der Waals surface area contributed by atoms with Gasteiger partial charge in [-0.1, -0.05) is 31.2 Å². The molecule has 0 saturated carbocycles. The lowest BCUT2D eigenvalue weighted by atomic mass is 10.1. The lowest BCUT2D eigenvalue weighted by Crippen LogP contribution is -2.24. The molecule has 0 spiro atoms. The Hall–Kier alpha value is -2.66. The van der Waals surface area contributed by atoms with Crippen LogP contribution in [0.5, 0.6) is 5.75 Å². The molecule has 0 saturated heterocycles. The lowest BCUT2D eigenvalue weighted by molar-refractivity contribution is 0.0925. The van der Waals surface area contributed by atoms with Crippen molar-refractivity contribution in [1.29, 1.82) is 0 Å². The van der Waals surface area contributed by atoms with Gasteiger partial charge in [0.05, 0.1) is 17.6 Å². The number of aliphatic hydroxyl groups is 1. The van der Waals surface area contributed by atoms with Crippen molar-refractivity contribution in [3.8, 4) is 5.75 Å². The summed E-state index contributed by atoms with van der Waals surface area (Å²) in [6.07, 6.45) is 1.18. The zero-order chi connectivity index (χ0) is 18.5. The Kier molecular flexibility index (Phi) is 5.68.